The number of benzene rings is 1. The smallest absolute Gasteiger partial charge is 0.408 e. The largest absolute Gasteiger partial charge is 0.444 e. The summed E-state index contributed by atoms with van der Waals surface area (Å²) < 4.78 is 5.12. The summed E-state index contributed by atoms with van der Waals surface area (Å²) >= 11 is 0. The molecular formula is C39H63N7O10. The second-order valence-corrected chi connectivity index (χ2v) is 16.2. The lowest BCUT2D eigenvalue weighted by molar-refractivity contribution is -0.148. The summed E-state index contributed by atoms with van der Waals surface area (Å²) in [6.45, 7) is 13.4. The average Bonchev–Trinajstić information content (AvgIpc) is 3.66. The van der Waals surface area contributed by atoms with Crippen molar-refractivity contribution >= 4 is 41.5 Å². The second kappa shape index (κ2) is 21.1. The number of carbonyl (C=O) groups is 7. The van der Waals surface area contributed by atoms with Gasteiger partial charge in [0.15, 0.2) is 0 Å². The first kappa shape index (κ1) is 47.5. The van der Waals surface area contributed by atoms with E-state index in [0.29, 0.717) is 18.4 Å². The summed E-state index contributed by atoms with van der Waals surface area (Å²) in [6.07, 6.45) is -0.0291. The van der Waals surface area contributed by atoms with Crippen LogP contribution in [-0.4, -0.2) is 106 Å². The number of aliphatic hydroxyl groups excluding tert-OH is 2. The zero-order valence-corrected chi connectivity index (χ0v) is 34.1. The molecule has 1 aromatic carbocycles. The molecule has 2 rings (SSSR count). The van der Waals surface area contributed by atoms with Crippen molar-refractivity contribution in [1.29, 1.82) is 0 Å². The molecule has 0 aliphatic heterocycles. The molecule has 17 heteroatoms. The first-order valence-electron chi connectivity index (χ1n) is 19.2. The highest BCUT2D eigenvalue weighted by Gasteiger charge is 2.53. The first-order valence-corrected chi connectivity index (χ1v) is 19.2. The molecule has 17 nitrogen and oxygen atoms in total. The quantitative estimate of drug-likeness (QED) is 0.0976. The molecule has 7 atom stereocenters. The van der Waals surface area contributed by atoms with Gasteiger partial charge in [-0.3, -0.25) is 34.1 Å². The number of ether oxygens (including phenoxy) is 1. The molecule has 314 valence electrons. The van der Waals surface area contributed by atoms with Crippen molar-refractivity contribution in [3.05, 3.63) is 35.9 Å². The Morgan fingerprint density at radius 2 is 1.34 bits per heavy atom. The Hall–Kier alpha value is -4.61. The highest BCUT2D eigenvalue weighted by atomic mass is 16.6. The summed E-state index contributed by atoms with van der Waals surface area (Å²) in [7, 11) is 0. The molecule has 56 heavy (non-hydrogen) atoms. The van der Waals surface area contributed by atoms with Crippen LogP contribution in [-0.2, 0) is 39.9 Å². The molecule has 0 radical (unpaired) electrons. The lowest BCUT2D eigenvalue weighted by Gasteiger charge is -2.44. The summed E-state index contributed by atoms with van der Waals surface area (Å²) in [4.78, 5) is 93.0. The van der Waals surface area contributed by atoms with Gasteiger partial charge >= 0.3 is 6.09 Å². The van der Waals surface area contributed by atoms with E-state index in [9.17, 15) is 43.8 Å². The fourth-order valence-electron chi connectivity index (χ4n) is 6.27. The predicted octanol–water partition coefficient (Wildman–Crippen LogP) is 0.297. The Morgan fingerprint density at radius 3 is 1.84 bits per heavy atom. The molecule has 10 N–H and O–H groups in total. The number of aliphatic hydroxyl groups is 2. The van der Waals surface area contributed by atoms with Crippen molar-refractivity contribution in [3.8, 4) is 0 Å². The van der Waals surface area contributed by atoms with Crippen molar-refractivity contribution < 1.29 is 48.5 Å². The molecule has 2 unspecified atom stereocenters. The number of hydrogen-bond donors (Lipinski definition) is 9. The average molecular weight is 790 g/mol. The molecule has 1 aliphatic rings. The van der Waals surface area contributed by atoms with Gasteiger partial charge in [-0.2, -0.15) is 0 Å². The maximum Gasteiger partial charge on any atom is 0.408 e. The Balaban J connectivity index is 2.39. The van der Waals surface area contributed by atoms with Crippen molar-refractivity contribution in [2.24, 2.45) is 23.5 Å². The number of carbonyl (C=O) groups excluding carboxylic acids is 7. The van der Waals surface area contributed by atoms with Gasteiger partial charge in [0.05, 0.1) is 18.7 Å². The molecule has 1 saturated carbocycles. The third-order valence-corrected chi connectivity index (χ3v) is 9.77. The number of alkyl carbamates (subject to hydrolysis) is 1. The van der Waals surface area contributed by atoms with Crippen LogP contribution in [0.4, 0.5) is 4.79 Å². The topological polar surface area (TPSA) is 267 Å². The van der Waals surface area contributed by atoms with E-state index in [1.807, 2.05) is 0 Å². The van der Waals surface area contributed by atoms with Crippen LogP contribution in [0.2, 0.25) is 0 Å². The molecule has 0 aromatic heterocycles. The maximum atomic E-state index is 14.3. The number of nitrogens with two attached hydrogens (primary N) is 1. The third kappa shape index (κ3) is 13.5. The van der Waals surface area contributed by atoms with Crippen LogP contribution in [0.3, 0.4) is 0 Å². The SMILES string of the molecule is CC(C)[C@H](N)C(=O)NC(=O)[C@@](NC(=O)C1CCCC1)(C(C)C)C(O)C(Cc1ccccc1)NC(=O)[C@H](C)NC(=O)[C@H](C)NC(=O)[C@H](CO)NC(=O)OC(C)(C)C. The number of imide groups is 1. The van der Waals surface area contributed by atoms with Crippen LogP contribution < -0.4 is 37.6 Å². The number of nitrogens with one attached hydrogen (secondary N) is 6. The first-order chi connectivity index (χ1) is 26.0. The van der Waals surface area contributed by atoms with E-state index in [-0.39, 0.29) is 12.3 Å². The number of hydrogen-bond acceptors (Lipinski definition) is 11. The fraction of sp³-hybridized carbons (Fsp3) is 0.667. The van der Waals surface area contributed by atoms with Crippen LogP contribution in [0.1, 0.15) is 93.6 Å². The van der Waals surface area contributed by atoms with Crippen molar-refractivity contribution in [2.75, 3.05) is 6.61 Å². The van der Waals surface area contributed by atoms with Gasteiger partial charge in [0.1, 0.15) is 35.4 Å². The highest BCUT2D eigenvalue weighted by Crippen LogP contribution is 2.30. The van der Waals surface area contributed by atoms with E-state index in [4.69, 9.17) is 10.5 Å². The second-order valence-electron chi connectivity index (χ2n) is 16.2. The molecule has 0 spiro atoms. The lowest BCUT2D eigenvalue weighted by atomic mass is 9.75. The van der Waals surface area contributed by atoms with Gasteiger partial charge in [-0.05, 0) is 71.3 Å². The van der Waals surface area contributed by atoms with Crippen molar-refractivity contribution in [2.45, 2.75) is 142 Å². The van der Waals surface area contributed by atoms with Crippen LogP contribution in [0.5, 0.6) is 0 Å². The van der Waals surface area contributed by atoms with Gasteiger partial charge in [0.25, 0.3) is 5.91 Å². The highest BCUT2D eigenvalue weighted by molar-refractivity contribution is 6.04. The summed E-state index contributed by atoms with van der Waals surface area (Å²) in [5, 5.41) is 37.0. The van der Waals surface area contributed by atoms with Crippen molar-refractivity contribution in [1.82, 2.24) is 31.9 Å². The predicted molar refractivity (Wildman–Crippen MR) is 207 cm³/mol. The van der Waals surface area contributed by atoms with Gasteiger partial charge in [0.2, 0.25) is 29.5 Å². The minimum absolute atomic E-state index is 0.0332. The minimum Gasteiger partial charge on any atom is -0.444 e. The van der Waals surface area contributed by atoms with E-state index in [1.165, 1.54) is 13.8 Å². The lowest BCUT2D eigenvalue weighted by Crippen LogP contribution is -2.74. The molecule has 1 fully saturated rings. The van der Waals surface area contributed by atoms with Gasteiger partial charge in [-0.25, -0.2) is 4.79 Å². The molecule has 1 aliphatic carbocycles. The molecule has 0 bridgehead atoms. The van der Waals surface area contributed by atoms with Crippen LogP contribution in [0, 0.1) is 17.8 Å². The Bertz CT molecular complexity index is 1530. The van der Waals surface area contributed by atoms with Crippen LogP contribution >= 0.6 is 0 Å². The normalized spacial score (nSPS) is 17.6. The van der Waals surface area contributed by atoms with E-state index in [2.05, 4.69) is 31.9 Å². The van der Waals surface area contributed by atoms with E-state index in [1.54, 1.807) is 78.8 Å². The Morgan fingerprint density at radius 1 is 0.804 bits per heavy atom. The van der Waals surface area contributed by atoms with E-state index < -0.39 is 107 Å². The van der Waals surface area contributed by atoms with Gasteiger partial charge in [0, 0.05) is 5.92 Å². The Labute approximate surface area is 329 Å². The van der Waals surface area contributed by atoms with Gasteiger partial charge in [-0.15, -0.1) is 0 Å². The fourth-order valence-corrected chi connectivity index (χ4v) is 6.27. The molecular weight excluding hydrogens is 726 g/mol. The maximum absolute atomic E-state index is 14.3. The van der Waals surface area contributed by atoms with Gasteiger partial charge in [-0.1, -0.05) is 70.9 Å². The number of rotatable bonds is 18. The van der Waals surface area contributed by atoms with Crippen LogP contribution in [0.15, 0.2) is 30.3 Å². The molecule has 7 amide bonds. The third-order valence-electron chi connectivity index (χ3n) is 9.77. The standard InChI is InChI=1S/C39H63N7O10/c1-21(2)29(40)35(53)45-36(54)39(22(3)4,46-33(51)26-17-13-14-18-26)30(48)27(19-25-15-11-10-12-16-25)43-32(50)24(6)41-31(49)23(5)42-34(52)28(20-47)44-37(55)56-38(7,8)9/h10-12,15-16,21-24,26-30,47-48H,13-14,17-20,40H2,1-9H3,(H,41,49)(H,42,52)(H,43,50)(H,44,55)(H,46,51)(H,45,53,54)/t23-,24-,27?,28-,29-,30?,39+/m0/s1. The van der Waals surface area contributed by atoms with Crippen LogP contribution in [0.25, 0.3) is 0 Å². The van der Waals surface area contributed by atoms with E-state index >= 15 is 0 Å². The summed E-state index contributed by atoms with van der Waals surface area (Å²) in [5.74, 6) is -6.33. The summed E-state index contributed by atoms with van der Waals surface area (Å²) in [6, 6.07) is 2.49. The molecule has 1 aromatic rings. The summed E-state index contributed by atoms with van der Waals surface area (Å²) in [5.41, 5.74) is 3.70. The van der Waals surface area contributed by atoms with Gasteiger partial charge < -0.3 is 47.3 Å². The molecule has 0 heterocycles. The zero-order valence-electron chi connectivity index (χ0n) is 34.1. The van der Waals surface area contributed by atoms with Crippen molar-refractivity contribution in [3.63, 3.8) is 0 Å². The Kier molecular flexibility index (Phi) is 17.9. The number of amides is 7. The van der Waals surface area contributed by atoms with E-state index in [0.717, 1.165) is 12.8 Å². The monoisotopic (exact) mass is 789 g/mol. The molecule has 0 saturated heterocycles. The minimum atomic E-state index is -2.14. The zero-order chi connectivity index (χ0) is 42.5.